The molecular weight excluding hydrogens is 298 g/mol. The zero-order chi connectivity index (χ0) is 15.5. The Labute approximate surface area is 134 Å². The summed E-state index contributed by atoms with van der Waals surface area (Å²) < 4.78 is 1.83. The van der Waals surface area contributed by atoms with Crippen LogP contribution in [0.15, 0.2) is 36.4 Å². The molecule has 2 heterocycles. The Morgan fingerprint density at radius 2 is 2.00 bits per heavy atom. The molecule has 1 aromatic carbocycles. The first-order chi connectivity index (χ1) is 10.7. The van der Waals surface area contributed by atoms with Gasteiger partial charge in [-0.05, 0) is 32.0 Å². The van der Waals surface area contributed by atoms with Crippen LogP contribution in [0.2, 0.25) is 5.02 Å². The first-order valence-electron chi connectivity index (χ1n) is 7.24. The van der Waals surface area contributed by atoms with Crippen LogP contribution in [0.3, 0.4) is 0 Å². The van der Waals surface area contributed by atoms with Crippen LogP contribution >= 0.6 is 11.6 Å². The Kier molecular flexibility index (Phi) is 4.27. The summed E-state index contributed by atoms with van der Waals surface area (Å²) in [5, 5.41) is 8.73. The first kappa shape index (κ1) is 14.8. The maximum atomic E-state index is 5.94. The standard InChI is InChI=1S/C16H18ClN5/c1-11-9-15(19-8-2-7-18)22-16(20-11)10-14(21-22)12-3-5-13(17)6-4-12/h3-6,9-10,19H,2,7-8,18H2,1H3. The molecule has 5 nitrogen and oxygen atoms in total. The van der Waals surface area contributed by atoms with E-state index in [1.54, 1.807) is 0 Å². The highest BCUT2D eigenvalue weighted by molar-refractivity contribution is 6.30. The highest BCUT2D eigenvalue weighted by Crippen LogP contribution is 2.23. The lowest BCUT2D eigenvalue weighted by atomic mass is 10.2. The number of hydrogen-bond acceptors (Lipinski definition) is 4. The fourth-order valence-electron chi connectivity index (χ4n) is 2.31. The molecule has 0 fully saturated rings. The molecule has 0 saturated heterocycles. The van der Waals surface area contributed by atoms with E-state index in [0.29, 0.717) is 11.6 Å². The van der Waals surface area contributed by atoms with Gasteiger partial charge in [0.2, 0.25) is 0 Å². The second kappa shape index (κ2) is 6.34. The van der Waals surface area contributed by atoms with Gasteiger partial charge in [0.25, 0.3) is 0 Å². The van der Waals surface area contributed by atoms with Crippen molar-refractivity contribution < 1.29 is 0 Å². The number of anilines is 1. The summed E-state index contributed by atoms with van der Waals surface area (Å²) in [6.07, 6.45) is 0.911. The fraction of sp³-hybridized carbons (Fsp3) is 0.250. The molecule has 3 N–H and O–H groups in total. The quantitative estimate of drug-likeness (QED) is 0.710. The van der Waals surface area contributed by atoms with E-state index in [1.165, 1.54) is 0 Å². The molecule has 3 aromatic rings. The molecule has 0 bridgehead atoms. The van der Waals surface area contributed by atoms with Crippen LogP contribution < -0.4 is 11.1 Å². The highest BCUT2D eigenvalue weighted by Gasteiger charge is 2.09. The van der Waals surface area contributed by atoms with Gasteiger partial charge >= 0.3 is 0 Å². The highest BCUT2D eigenvalue weighted by atomic mass is 35.5. The van der Waals surface area contributed by atoms with Crippen LogP contribution in [-0.4, -0.2) is 27.7 Å². The van der Waals surface area contributed by atoms with Crippen molar-refractivity contribution >= 4 is 23.1 Å². The lowest BCUT2D eigenvalue weighted by Gasteiger charge is -2.08. The number of nitrogens with two attached hydrogens (primary N) is 1. The van der Waals surface area contributed by atoms with E-state index in [4.69, 9.17) is 17.3 Å². The smallest absolute Gasteiger partial charge is 0.158 e. The van der Waals surface area contributed by atoms with Crippen LogP contribution in [0.5, 0.6) is 0 Å². The van der Waals surface area contributed by atoms with Crippen molar-refractivity contribution in [1.29, 1.82) is 0 Å². The summed E-state index contributed by atoms with van der Waals surface area (Å²) in [5.41, 5.74) is 9.20. The van der Waals surface area contributed by atoms with Gasteiger partial charge in [-0.1, -0.05) is 23.7 Å². The molecule has 0 unspecified atom stereocenters. The molecule has 22 heavy (non-hydrogen) atoms. The topological polar surface area (TPSA) is 68.2 Å². The number of nitrogens with one attached hydrogen (secondary N) is 1. The number of benzene rings is 1. The molecule has 0 aliphatic rings. The van der Waals surface area contributed by atoms with Gasteiger partial charge in [-0.2, -0.15) is 9.61 Å². The van der Waals surface area contributed by atoms with Gasteiger partial charge in [-0.3, -0.25) is 0 Å². The minimum Gasteiger partial charge on any atom is -0.370 e. The SMILES string of the molecule is Cc1cc(NCCCN)n2nc(-c3ccc(Cl)cc3)cc2n1. The Balaban J connectivity index is 2.01. The maximum absolute atomic E-state index is 5.94. The van der Waals surface area contributed by atoms with Gasteiger partial charge in [0.1, 0.15) is 5.82 Å². The minimum absolute atomic E-state index is 0.662. The van der Waals surface area contributed by atoms with Crippen LogP contribution in [0.25, 0.3) is 16.9 Å². The van der Waals surface area contributed by atoms with Crippen LogP contribution in [0.4, 0.5) is 5.82 Å². The average Bonchev–Trinajstić information content (AvgIpc) is 2.92. The molecule has 2 aromatic heterocycles. The van der Waals surface area contributed by atoms with Crippen molar-refractivity contribution in [2.75, 3.05) is 18.4 Å². The minimum atomic E-state index is 0.662. The molecule has 0 spiro atoms. The van der Waals surface area contributed by atoms with Crippen molar-refractivity contribution in [3.8, 4) is 11.3 Å². The molecule has 0 atom stereocenters. The molecule has 114 valence electrons. The van der Waals surface area contributed by atoms with E-state index in [1.807, 2.05) is 47.8 Å². The zero-order valence-electron chi connectivity index (χ0n) is 12.4. The Bertz CT molecular complexity index is 779. The molecule has 0 aliphatic heterocycles. The fourth-order valence-corrected chi connectivity index (χ4v) is 2.43. The van der Waals surface area contributed by atoms with Crippen LogP contribution in [-0.2, 0) is 0 Å². The zero-order valence-corrected chi connectivity index (χ0v) is 13.1. The first-order valence-corrected chi connectivity index (χ1v) is 7.62. The number of aromatic nitrogens is 3. The normalized spacial score (nSPS) is 11.0. The maximum Gasteiger partial charge on any atom is 0.158 e. The van der Waals surface area contributed by atoms with Crippen molar-refractivity contribution in [3.63, 3.8) is 0 Å². The number of halogens is 1. The molecule has 0 aliphatic carbocycles. The molecule has 0 radical (unpaired) electrons. The summed E-state index contributed by atoms with van der Waals surface area (Å²) in [6, 6.07) is 11.6. The van der Waals surface area contributed by atoms with Crippen molar-refractivity contribution in [2.45, 2.75) is 13.3 Å². The second-order valence-electron chi connectivity index (χ2n) is 5.16. The molecule has 0 amide bonds. The van der Waals surface area contributed by atoms with Crippen molar-refractivity contribution in [2.24, 2.45) is 5.73 Å². The Morgan fingerprint density at radius 3 is 2.73 bits per heavy atom. The van der Waals surface area contributed by atoms with Crippen molar-refractivity contribution in [1.82, 2.24) is 14.6 Å². The second-order valence-corrected chi connectivity index (χ2v) is 5.59. The third-order valence-electron chi connectivity index (χ3n) is 3.38. The van der Waals surface area contributed by atoms with E-state index in [-0.39, 0.29) is 0 Å². The summed E-state index contributed by atoms with van der Waals surface area (Å²) >= 11 is 5.94. The third kappa shape index (κ3) is 3.05. The molecular formula is C16H18ClN5. The van der Waals surface area contributed by atoms with Gasteiger partial charge < -0.3 is 11.1 Å². The predicted octanol–water partition coefficient (Wildman–Crippen LogP) is 3.12. The number of nitrogens with zero attached hydrogens (tertiary/aromatic N) is 3. The van der Waals surface area contributed by atoms with Gasteiger partial charge in [0.15, 0.2) is 5.65 Å². The largest absolute Gasteiger partial charge is 0.370 e. The summed E-state index contributed by atoms with van der Waals surface area (Å²) in [6.45, 7) is 3.45. The van der Waals surface area contributed by atoms with Gasteiger partial charge in [0.05, 0.1) is 5.69 Å². The van der Waals surface area contributed by atoms with Crippen LogP contribution in [0.1, 0.15) is 12.1 Å². The number of rotatable bonds is 5. The Hall–Kier alpha value is -2.11. The third-order valence-corrected chi connectivity index (χ3v) is 3.63. The van der Waals surface area contributed by atoms with E-state index in [0.717, 1.165) is 41.4 Å². The van der Waals surface area contributed by atoms with Crippen molar-refractivity contribution in [3.05, 3.63) is 47.1 Å². The van der Waals surface area contributed by atoms with E-state index >= 15 is 0 Å². The molecule has 0 saturated carbocycles. The molecule has 6 heteroatoms. The average molecular weight is 316 g/mol. The van der Waals surface area contributed by atoms with Gasteiger partial charge in [-0.15, -0.1) is 0 Å². The molecule has 3 rings (SSSR count). The number of fused-ring (bicyclic) bond motifs is 1. The summed E-state index contributed by atoms with van der Waals surface area (Å²) in [5.74, 6) is 0.927. The predicted molar refractivity (Wildman–Crippen MR) is 90.3 cm³/mol. The van der Waals surface area contributed by atoms with E-state index in [2.05, 4.69) is 15.4 Å². The lowest BCUT2D eigenvalue weighted by molar-refractivity contribution is 0.851. The monoisotopic (exact) mass is 315 g/mol. The lowest BCUT2D eigenvalue weighted by Crippen LogP contribution is -2.11. The van der Waals surface area contributed by atoms with E-state index in [9.17, 15) is 0 Å². The number of hydrogen-bond donors (Lipinski definition) is 2. The number of aryl methyl sites for hydroxylation is 1. The van der Waals surface area contributed by atoms with E-state index < -0.39 is 0 Å². The summed E-state index contributed by atoms with van der Waals surface area (Å²) in [4.78, 5) is 4.54. The summed E-state index contributed by atoms with van der Waals surface area (Å²) in [7, 11) is 0. The Morgan fingerprint density at radius 1 is 1.23 bits per heavy atom. The van der Waals surface area contributed by atoms with Gasteiger partial charge in [0, 0.05) is 35.0 Å². The van der Waals surface area contributed by atoms with Crippen LogP contribution in [0, 0.1) is 6.92 Å². The van der Waals surface area contributed by atoms with Gasteiger partial charge in [-0.25, -0.2) is 4.98 Å².